The van der Waals surface area contributed by atoms with Gasteiger partial charge >= 0.3 is 0 Å². The summed E-state index contributed by atoms with van der Waals surface area (Å²) in [6.07, 6.45) is 1.87. The van der Waals surface area contributed by atoms with Crippen LogP contribution in [0.25, 0.3) is 0 Å². The van der Waals surface area contributed by atoms with Crippen molar-refractivity contribution in [2.24, 2.45) is 7.05 Å². The monoisotopic (exact) mass is 276 g/mol. The third-order valence-electron chi connectivity index (χ3n) is 2.94. The van der Waals surface area contributed by atoms with Gasteiger partial charge in [-0.15, -0.1) is 0 Å². The number of hydrogen-bond acceptors (Lipinski definition) is 4. The van der Waals surface area contributed by atoms with E-state index in [1.165, 1.54) is 5.56 Å². The molecule has 0 radical (unpaired) electrons. The minimum absolute atomic E-state index is 0.348. The number of nitrogens with zero attached hydrogens (tertiary/aromatic N) is 3. The van der Waals surface area contributed by atoms with Gasteiger partial charge in [0.25, 0.3) is 0 Å². The Morgan fingerprint density at radius 3 is 2.84 bits per heavy atom. The molecule has 2 heterocycles. The van der Waals surface area contributed by atoms with Crippen molar-refractivity contribution in [3.05, 3.63) is 35.7 Å². The minimum Gasteiger partial charge on any atom is -0.310 e. The number of aryl methyl sites for hydroxylation is 2. The third-order valence-corrected chi connectivity index (χ3v) is 3.96. The lowest BCUT2D eigenvalue weighted by Crippen LogP contribution is -2.17. The average molecular weight is 276 g/mol. The topological polar surface area (TPSA) is 42.7 Å². The Labute approximate surface area is 118 Å². The molecule has 2 rings (SSSR count). The van der Waals surface area contributed by atoms with Gasteiger partial charge in [0.2, 0.25) is 0 Å². The molecule has 0 aromatic carbocycles. The van der Waals surface area contributed by atoms with Crippen molar-refractivity contribution in [1.82, 2.24) is 20.1 Å². The zero-order chi connectivity index (χ0) is 13.8. The molecule has 0 aliphatic rings. The van der Waals surface area contributed by atoms with E-state index in [1.807, 2.05) is 24.9 Å². The highest BCUT2D eigenvalue weighted by atomic mass is 32.2. The fraction of sp³-hybridized carbons (Fsp3) is 0.429. The fourth-order valence-electron chi connectivity index (χ4n) is 1.96. The van der Waals surface area contributed by atoms with Crippen molar-refractivity contribution >= 4 is 11.8 Å². The Morgan fingerprint density at radius 1 is 1.42 bits per heavy atom. The summed E-state index contributed by atoms with van der Waals surface area (Å²) in [7, 11) is 1.96. The maximum atomic E-state index is 4.42. The van der Waals surface area contributed by atoms with Gasteiger partial charge in [-0.05, 0) is 44.2 Å². The summed E-state index contributed by atoms with van der Waals surface area (Å²) in [5, 5.41) is 9.88. The van der Waals surface area contributed by atoms with Crippen LogP contribution in [0.5, 0.6) is 0 Å². The second-order valence-electron chi connectivity index (χ2n) is 4.56. The SMILES string of the molecule is CCNC(C)c1ccnc(Sc2cc(C)nn2C)c1. The summed E-state index contributed by atoms with van der Waals surface area (Å²) in [6.45, 7) is 7.25. The first kappa shape index (κ1) is 14.1. The molecule has 0 bridgehead atoms. The van der Waals surface area contributed by atoms with E-state index in [1.54, 1.807) is 11.8 Å². The van der Waals surface area contributed by atoms with Crippen molar-refractivity contribution < 1.29 is 0 Å². The molecule has 1 atom stereocenters. The highest BCUT2D eigenvalue weighted by Crippen LogP contribution is 2.27. The summed E-state index contributed by atoms with van der Waals surface area (Å²) in [4.78, 5) is 4.42. The van der Waals surface area contributed by atoms with E-state index in [2.05, 4.69) is 47.4 Å². The predicted molar refractivity (Wildman–Crippen MR) is 78.4 cm³/mol. The molecule has 1 unspecified atom stereocenters. The van der Waals surface area contributed by atoms with Gasteiger partial charge in [-0.1, -0.05) is 18.7 Å². The normalized spacial score (nSPS) is 12.6. The molecule has 0 saturated carbocycles. The average Bonchev–Trinajstić information content (AvgIpc) is 2.68. The standard InChI is InChI=1S/C14H20N4S/c1-5-15-11(3)12-6-7-16-13(9-12)19-14-8-10(2)17-18(14)4/h6-9,11,15H,5H2,1-4H3. The lowest BCUT2D eigenvalue weighted by Gasteiger charge is -2.13. The molecule has 19 heavy (non-hydrogen) atoms. The fourth-order valence-corrected chi connectivity index (χ4v) is 2.89. The Kier molecular flexibility index (Phi) is 4.61. The van der Waals surface area contributed by atoms with Crippen molar-refractivity contribution in [1.29, 1.82) is 0 Å². The molecule has 0 saturated heterocycles. The number of nitrogens with one attached hydrogen (secondary N) is 1. The van der Waals surface area contributed by atoms with Gasteiger partial charge in [0.1, 0.15) is 10.1 Å². The highest BCUT2D eigenvalue weighted by molar-refractivity contribution is 7.99. The Balaban J connectivity index is 2.17. The largest absolute Gasteiger partial charge is 0.310 e. The molecule has 5 heteroatoms. The lowest BCUT2D eigenvalue weighted by atomic mass is 10.1. The minimum atomic E-state index is 0.348. The molecule has 2 aromatic heterocycles. The van der Waals surface area contributed by atoms with Crippen molar-refractivity contribution in [3.8, 4) is 0 Å². The number of aromatic nitrogens is 3. The second-order valence-corrected chi connectivity index (χ2v) is 5.60. The molecule has 4 nitrogen and oxygen atoms in total. The van der Waals surface area contributed by atoms with Crippen molar-refractivity contribution in [3.63, 3.8) is 0 Å². The molecular formula is C14H20N4S. The first-order chi connectivity index (χ1) is 9.10. The molecule has 0 fully saturated rings. The van der Waals surface area contributed by atoms with Crippen LogP contribution in [0.3, 0.4) is 0 Å². The van der Waals surface area contributed by atoms with E-state index in [-0.39, 0.29) is 0 Å². The third kappa shape index (κ3) is 3.58. The first-order valence-corrected chi connectivity index (χ1v) is 7.29. The van der Waals surface area contributed by atoms with Gasteiger partial charge in [-0.3, -0.25) is 4.68 Å². The molecule has 102 valence electrons. The zero-order valence-electron chi connectivity index (χ0n) is 11.8. The summed E-state index contributed by atoms with van der Waals surface area (Å²) < 4.78 is 1.89. The van der Waals surface area contributed by atoms with Crippen LogP contribution in [0.15, 0.2) is 34.4 Å². The van der Waals surface area contributed by atoms with Crippen LogP contribution < -0.4 is 5.32 Å². The molecule has 0 aliphatic carbocycles. The summed E-state index contributed by atoms with van der Waals surface area (Å²) in [5.74, 6) is 0. The second kappa shape index (κ2) is 6.21. The van der Waals surface area contributed by atoms with E-state index < -0.39 is 0 Å². The molecule has 1 N–H and O–H groups in total. The highest BCUT2D eigenvalue weighted by Gasteiger charge is 2.08. The van der Waals surface area contributed by atoms with Gasteiger partial charge in [0, 0.05) is 19.3 Å². The Bertz CT molecular complexity index is 550. The summed E-state index contributed by atoms with van der Waals surface area (Å²) >= 11 is 1.65. The summed E-state index contributed by atoms with van der Waals surface area (Å²) in [5.41, 5.74) is 2.29. The molecule has 0 spiro atoms. The van der Waals surface area contributed by atoms with Crippen LogP contribution in [0.4, 0.5) is 0 Å². The maximum absolute atomic E-state index is 4.42. The molecular weight excluding hydrogens is 256 g/mol. The van der Waals surface area contributed by atoms with Crippen LogP contribution >= 0.6 is 11.8 Å². The quantitative estimate of drug-likeness (QED) is 0.912. The Morgan fingerprint density at radius 2 is 2.21 bits per heavy atom. The number of hydrogen-bond donors (Lipinski definition) is 1. The van der Waals surface area contributed by atoms with E-state index >= 15 is 0 Å². The molecule has 0 amide bonds. The van der Waals surface area contributed by atoms with Gasteiger partial charge in [-0.25, -0.2) is 4.98 Å². The van der Waals surface area contributed by atoms with Crippen molar-refractivity contribution in [2.75, 3.05) is 6.54 Å². The van der Waals surface area contributed by atoms with E-state index in [0.717, 1.165) is 22.3 Å². The van der Waals surface area contributed by atoms with Crippen LogP contribution in [0.2, 0.25) is 0 Å². The summed E-state index contributed by atoms with van der Waals surface area (Å²) in [6, 6.07) is 6.62. The van der Waals surface area contributed by atoms with Gasteiger partial charge in [0.05, 0.1) is 5.69 Å². The van der Waals surface area contributed by atoms with E-state index in [9.17, 15) is 0 Å². The maximum Gasteiger partial charge on any atom is 0.102 e. The van der Waals surface area contributed by atoms with E-state index in [4.69, 9.17) is 0 Å². The van der Waals surface area contributed by atoms with Crippen LogP contribution in [0, 0.1) is 6.92 Å². The van der Waals surface area contributed by atoms with Gasteiger partial charge in [0.15, 0.2) is 0 Å². The lowest BCUT2D eigenvalue weighted by molar-refractivity contribution is 0.596. The molecule has 2 aromatic rings. The van der Waals surface area contributed by atoms with Crippen LogP contribution in [-0.4, -0.2) is 21.3 Å². The number of pyridine rings is 1. The Hall–Kier alpha value is -1.33. The van der Waals surface area contributed by atoms with E-state index in [0.29, 0.717) is 6.04 Å². The number of rotatable bonds is 5. The molecule has 0 aliphatic heterocycles. The smallest absolute Gasteiger partial charge is 0.102 e. The van der Waals surface area contributed by atoms with Gasteiger partial charge < -0.3 is 5.32 Å². The zero-order valence-corrected chi connectivity index (χ0v) is 12.7. The van der Waals surface area contributed by atoms with Crippen LogP contribution in [-0.2, 0) is 7.05 Å². The first-order valence-electron chi connectivity index (χ1n) is 6.48. The van der Waals surface area contributed by atoms with Crippen LogP contribution in [0.1, 0.15) is 31.1 Å². The predicted octanol–water partition coefficient (Wildman–Crippen LogP) is 2.95. The van der Waals surface area contributed by atoms with Crippen molar-refractivity contribution in [2.45, 2.75) is 36.9 Å². The van der Waals surface area contributed by atoms with Gasteiger partial charge in [-0.2, -0.15) is 5.10 Å².